The van der Waals surface area contributed by atoms with Crippen molar-refractivity contribution in [2.75, 3.05) is 27.3 Å². The number of unbranched alkanes of at least 4 members (excludes halogenated alkanes) is 2. The Hall–Kier alpha value is -1.02. The molecule has 1 aromatic carbocycles. The second-order valence-electron chi connectivity index (χ2n) is 4.73. The topological polar surface area (TPSA) is 67.4 Å². The molecule has 0 aromatic heterocycles. The van der Waals surface area contributed by atoms with E-state index in [1.54, 1.807) is 14.2 Å². The van der Waals surface area contributed by atoms with Gasteiger partial charge in [-0.15, -0.1) is 0 Å². The van der Waals surface area contributed by atoms with E-state index < -0.39 is 15.8 Å². The van der Waals surface area contributed by atoms with Crippen molar-refractivity contribution in [3.63, 3.8) is 0 Å². The zero-order valence-electron chi connectivity index (χ0n) is 12.5. The number of hydrogen-bond donors (Lipinski definition) is 2. The largest absolute Gasteiger partial charge is 0.385 e. The molecule has 0 saturated heterocycles. The standard InChI is InChI=1S/C14H23FN2O3S/c1-16-11-12-6-7-13(15)10-14(12)21(18,19)17-8-4-3-5-9-20-2/h6-7,10,16-17H,3-5,8-9,11H2,1-2H3. The van der Waals surface area contributed by atoms with Crippen molar-refractivity contribution in [3.8, 4) is 0 Å². The predicted molar refractivity (Wildman–Crippen MR) is 80.1 cm³/mol. The van der Waals surface area contributed by atoms with Crippen LogP contribution in [0.15, 0.2) is 23.1 Å². The number of sulfonamides is 1. The van der Waals surface area contributed by atoms with Gasteiger partial charge in [0.1, 0.15) is 5.82 Å². The normalized spacial score (nSPS) is 11.8. The molecule has 21 heavy (non-hydrogen) atoms. The highest BCUT2D eigenvalue weighted by Gasteiger charge is 2.18. The number of nitrogens with one attached hydrogen (secondary N) is 2. The monoisotopic (exact) mass is 318 g/mol. The summed E-state index contributed by atoms with van der Waals surface area (Å²) < 4.78 is 45.2. The molecule has 0 fully saturated rings. The van der Waals surface area contributed by atoms with Gasteiger partial charge in [-0.25, -0.2) is 17.5 Å². The fourth-order valence-electron chi connectivity index (χ4n) is 1.95. The SMILES string of the molecule is CNCc1ccc(F)cc1S(=O)(=O)NCCCCCOC. The van der Waals surface area contributed by atoms with E-state index in [0.29, 0.717) is 25.3 Å². The van der Waals surface area contributed by atoms with Crippen molar-refractivity contribution < 1.29 is 17.5 Å². The van der Waals surface area contributed by atoms with Crippen LogP contribution in [-0.4, -0.2) is 35.7 Å². The molecule has 0 radical (unpaired) electrons. The van der Waals surface area contributed by atoms with E-state index in [1.165, 1.54) is 12.1 Å². The predicted octanol–water partition coefficient (Wildman–Crippen LogP) is 1.64. The lowest BCUT2D eigenvalue weighted by atomic mass is 10.2. The van der Waals surface area contributed by atoms with E-state index in [4.69, 9.17) is 4.74 Å². The van der Waals surface area contributed by atoms with Crippen molar-refractivity contribution in [1.82, 2.24) is 10.0 Å². The first-order valence-corrected chi connectivity index (χ1v) is 8.41. The second kappa shape index (κ2) is 9.09. The summed E-state index contributed by atoms with van der Waals surface area (Å²) in [5, 5.41) is 2.88. The fraction of sp³-hybridized carbons (Fsp3) is 0.571. The Morgan fingerprint density at radius 2 is 2.00 bits per heavy atom. The summed E-state index contributed by atoms with van der Waals surface area (Å²) in [5.74, 6) is -0.560. The summed E-state index contributed by atoms with van der Waals surface area (Å²) in [4.78, 5) is -0.00579. The fourth-order valence-corrected chi connectivity index (χ4v) is 3.27. The third-order valence-electron chi connectivity index (χ3n) is 3.00. The molecule has 0 aliphatic rings. The van der Waals surface area contributed by atoms with Crippen LogP contribution in [0.25, 0.3) is 0 Å². The Bertz CT molecular complexity index is 535. The van der Waals surface area contributed by atoms with Crippen LogP contribution in [0.1, 0.15) is 24.8 Å². The van der Waals surface area contributed by atoms with Crippen LogP contribution in [0, 0.1) is 5.82 Å². The lowest BCUT2D eigenvalue weighted by Crippen LogP contribution is -2.26. The molecule has 1 rings (SSSR count). The van der Waals surface area contributed by atoms with E-state index in [1.807, 2.05) is 0 Å². The molecule has 0 heterocycles. The molecule has 120 valence electrons. The van der Waals surface area contributed by atoms with Gasteiger partial charge in [0, 0.05) is 26.8 Å². The maximum atomic E-state index is 13.3. The van der Waals surface area contributed by atoms with Gasteiger partial charge in [0.05, 0.1) is 4.90 Å². The molecule has 0 aliphatic heterocycles. The molecule has 0 spiro atoms. The van der Waals surface area contributed by atoms with E-state index in [0.717, 1.165) is 25.3 Å². The molecule has 1 aromatic rings. The third kappa shape index (κ3) is 6.09. The smallest absolute Gasteiger partial charge is 0.240 e. The lowest BCUT2D eigenvalue weighted by Gasteiger charge is -2.11. The molecule has 0 atom stereocenters. The highest BCUT2D eigenvalue weighted by atomic mass is 32.2. The van der Waals surface area contributed by atoms with Crippen molar-refractivity contribution in [1.29, 1.82) is 0 Å². The number of halogens is 1. The molecule has 0 bridgehead atoms. The molecule has 7 heteroatoms. The number of hydrogen-bond acceptors (Lipinski definition) is 4. The molecular formula is C14H23FN2O3S. The molecule has 0 amide bonds. The Labute approximate surface area is 125 Å². The quantitative estimate of drug-likeness (QED) is 0.644. The van der Waals surface area contributed by atoms with Gasteiger partial charge in [-0.05, 0) is 44.0 Å². The van der Waals surface area contributed by atoms with Crippen LogP contribution < -0.4 is 10.0 Å². The summed E-state index contributed by atoms with van der Waals surface area (Å²) in [5.41, 5.74) is 0.547. The van der Waals surface area contributed by atoms with E-state index in [-0.39, 0.29) is 4.90 Å². The van der Waals surface area contributed by atoms with Gasteiger partial charge in [0.15, 0.2) is 0 Å². The maximum absolute atomic E-state index is 13.3. The molecule has 5 nitrogen and oxygen atoms in total. The van der Waals surface area contributed by atoms with Crippen LogP contribution in [0.5, 0.6) is 0 Å². The van der Waals surface area contributed by atoms with Gasteiger partial charge in [0.25, 0.3) is 0 Å². The Morgan fingerprint density at radius 3 is 2.67 bits per heavy atom. The number of methoxy groups -OCH3 is 1. The van der Waals surface area contributed by atoms with Crippen molar-refractivity contribution >= 4 is 10.0 Å². The van der Waals surface area contributed by atoms with Crippen molar-refractivity contribution in [3.05, 3.63) is 29.6 Å². The zero-order chi connectivity index (χ0) is 15.7. The number of benzene rings is 1. The first-order chi connectivity index (χ1) is 10.0. The average molecular weight is 318 g/mol. The van der Waals surface area contributed by atoms with Gasteiger partial charge < -0.3 is 10.1 Å². The van der Waals surface area contributed by atoms with Gasteiger partial charge in [-0.1, -0.05) is 6.07 Å². The zero-order valence-corrected chi connectivity index (χ0v) is 13.3. The van der Waals surface area contributed by atoms with Crippen LogP contribution >= 0.6 is 0 Å². The minimum atomic E-state index is -3.69. The van der Waals surface area contributed by atoms with Crippen LogP contribution in [0.4, 0.5) is 4.39 Å². The lowest BCUT2D eigenvalue weighted by molar-refractivity contribution is 0.192. The Balaban J connectivity index is 2.67. The number of ether oxygens (including phenoxy) is 1. The van der Waals surface area contributed by atoms with Crippen LogP contribution in [-0.2, 0) is 21.3 Å². The summed E-state index contributed by atoms with van der Waals surface area (Å²) in [6, 6.07) is 3.80. The minimum absolute atomic E-state index is 0.00579. The first kappa shape index (κ1) is 18.0. The summed E-state index contributed by atoms with van der Waals surface area (Å²) >= 11 is 0. The summed E-state index contributed by atoms with van der Waals surface area (Å²) in [6.45, 7) is 1.37. The summed E-state index contributed by atoms with van der Waals surface area (Å²) in [7, 11) is -0.343. The van der Waals surface area contributed by atoms with E-state index in [9.17, 15) is 12.8 Å². The minimum Gasteiger partial charge on any atom is -0.385 e. The van der Waals surface area contributed by atoms with Gasteiger partial charge >= 0.3 is 0 Å². The highest BCUT2D eigenvalue weighted by molar-refractivity contribution is 7.89. The van der Waals surface area contributed by atoms with Gasteiger partial charge in [-0.3, -0.25) is 0 Å². The number of rotatable bonds is 10. The molecule has 2 N–H and O–H groups in total. The highest BCUT2D eigenvalue weighted by Crippen LogP contribution is 2.17. The Morgan fingerprint density at radius 1 is 1.24 bits per heavy atom. The van der Waals surface area contributed by atoms with Crippen LogP contribution in [0.3, 0.4) is 0 Å². The summed E-state index contributed by atoms with van der Waals surface area (Å²) in [6.07, 6.45) is 2.49. The molecule has 0 unspecified atom stereocenters. The van der Waals surface area contributed by atoms with Gasteiger partial charge in [0.2, 0.25) is 10.0 Å². The third-order valence-corrected chi connectivity index (χ3v) is 4.55. The van der Waals surface area contributed by atoms with Crippen LogP contribution in [0.2, 0.25) is 0 Å². The maximum Gasteiger partial charge on any atom is 0.240 e. The van der Waals surface area contributed by atoms with Crippen molar-refractivity contribution in [2.45, 2.75) is 30.7 Å². The van der Waals surface area contributed by atoms with E-state index in [2.05, 4.69) is 10.0 Å². The van der Waals surface area contributed by atoms with Gasteiger partial charge in [-0.2, -0.15) is 0 Å². The molecule has 0 aliphatic carbocycles. The van der Waals surface area contributed by atoms with Crippen molar-refractivity contribution in [2.24, 2.45) is 0 Å². The second-order valence-corrected chi connectivity index (χ2v) is 6.47. The Kier molecular flexibility index (Phi) is 7.81. The average Bonchev–Trinajstić information content (AvgIpc) is 2.45. The first-order valence-electron chi connectivity index (χ1n) is 6.93. The molecule has 0 saturated carbocycles. The van der Waals surface area contributed by atoms with E-state index >= 15 is 0 Å². The molecular weight excluding hydrogens is 295 g/mol.